The molecule has 0 atom stereocenters. The van der Waals surface area contributed by atoms with Crippen molar-refractivity contribution in [1.29, 1.82) is 0 Å². The zero-order chi connectivity index (χ0) is 25.0. The molecule has 35 heavy (non-hydrogen) atoms. The summed E-state index contributed by atoms with van der Waals surface area (Å²) in [6.45, 7) is 4.16. The van der Waals surface area contributed by atoms with E-state index in [4.69, 9.17) is 4.74 Å². The Morgan fingerprint density at radius 3 is 2.37 bits per heavy atom. The average Bonchev–Trinajstić information content (AvgIpc) is 2.87. The Labute approximate surface area is 204 Å². The third-order valence-corrected chi connectivity index (χ3v) is 5.26. The van der Waals surface area contributed by atoms with Gasteiger partial charge in [-0.2, -0.15) is 5.10 Å². The molecule has 8 heteroatoms. The number of nitrogens with one attached hydrogen (secondary N) is 3. The van der Waals surface area contributed by atoms with Crippen molar-refractivity contribution in [3.05, 3.63) is 95.1 Å². The minimum atomic E-state index is -0.843. The van der Waals surface area contributed by atoms with Gasteiger partial charge in [-0.15, -0.1) is 0 Å². The van der Waals surface area contributed by atoms with Crippen molar-refractivity contribution < 1.29 is 19.1 Å². The summed E-state index contributed by atoms with van der Waals surface area (Å²) in [5.74, 6) is -1.33. The third kappa shape index (κ3) is 8.12. The number of carbonyl (C=O) groups excluding carboxylic acids is 3. The number of benzene rings is 3. The van der Waals surface area contributed by atoms with Crippen molar-refractivity contribution >= 4 is 29.6 Å². The van der Waals surface area contributed by atoms with E-state index in [0.29, 0.717) is 24.3 Å². The molecule has 3 N–H and O–H groups in total. The van der Waals surface area contributed by atoms with Crippen LogP contribution in [-0.2, 0) is 20.8 Å². The average molecular weight is 473 g/mol. The van der Waals surface area contributed by atoms with Crippen molar-refractivity contribution in [2.45, 2.75) is 20.3 Å². The van der Waals surface area contributed by atoms with E-state index in [0.717, 1.165) is 22.4 Å². The number of carbonyl (C=O) groups is 3. The van der Waals surface area contributed by atoms with Crippen LogP contribution < -0.4 is 20.8 Å². The van der Waals surface area contributed by atoms with Crippen LogP contribution in [0, 0.1) is 13.8 Å². The highest BCUT2D eigenvalue weighted by atomic mass is 16.5. The van der Waals surface area contributed by atoms with Crippen LogP contribution in [0.3, 0.4) is 0 Å². The summed E-state index contributed by atoms with van der Waals surface area (Å²) < 4.78 is 5.53. The molecule has 180 valence electrons. The molecule has 0 unspecified atom stereocenters. The molecule has 3 amide bonds. The smallest absolute Gasteiger partial charge is 0.329 e. The van der Waals surface area contributed by atoms with Gasteiger partial charge in [0.25, 0.3) is 5.91 Å². The predicted octanol–water partition coefficient (Wildman–Crippen LogP) is 3.13. The van der Waals surface area contributed by atoms with Gasteiger partial charge in [0.15, 0.2) is 6.61 Å². The molecule has 0 aliphatic carbocycles. The molecule has 0 fully saturated rings. The van der Waals surface area contributed by atoms with Crippen LogP contribution in [0.2, 0.25) is 0 Å². The quantitative estimate of drug-likeness (QED) is 0.253. The molecular weight excluding hydrogens is 444 g/mol. The highest BCUT2D eigenvalue weighted by molar-refractivity contribution is 6.35. The van der Waals surface area contributed by atoms with Gasteiger partial charge in [-0.05, 0) is 72.9 Å². The molecule has 0 saturated heterocycles. The Hall–Kier alpha value is -4.46. The minimum Gasteiger partial charge on any atom is -0.484 e. The van der Waals surface area contributed by atoms with Crippen LogP contribution in [-0.4, -0.2) is 37.1 Å². The lowest BCUT2D eigenvalue weighted by atomic mass is 10.1. The lowest BCUT2D eigenvalue weighted by Crippen LogP contribution is -2.38. The molecule has 3 aromatic rings. The first kappa shape index (κ1) is 25.2. The van der Waals surface area contributed by atoms with Gasteiger partial charge >= 0.3 is 11.8 Å². The first-order chi connectivity index (χ1) is 16.9. The molecule has 0 saturated carbocycles. The molecule has 0 aromatic heterocycles. The van der Waals surface area contributed by atoms with E-state index < -0.39 is 11.8 Å². The van der Waals surface area contributed by atoms with Gasteiger partial charge in [0.05, 0.1) is 6.21 Å². The SMILES string of the molecule is Cc1cccc(NC(=O)COc2ccc(/C=N/NC(=O)C(=O)NCCc3ccccc3)cc2)c1C. The van der Waals surface area contributed by atoms with Crippen molar-refractivity contribution in [3.63, 3.8) is 0 Å². The Bertz CT molecular complexity index is 1190. The van der Waals surface area contributed by atoms with E-state index in [1.165, 1.54) is 6.21 Å². The van der Waals surface area contributed by atoms with Gasteiger partial charge in [0.2, 0.25) is 0 Å². The lowest BCUT2D eigenvalue weighted by Gasteiger charge is -2.11. The van der Waals surface area contributed by atoms with Gasteiger partial charge in [-0.25, -0.2) is 5.43 Å². The summed E-state index contributed by atoms with van der Waals surface area (Å²) in [5, 5.41) is 9.20. The third-order valence-electron chi connectivity index (χ3n) is 5.26. The monoisotopic (exact) mass is 472 g/mol. The van der Waals surface area contributed by atoms with Gasteiger partial charge < -0.3 is 15.4 Å². The molecule has 3 rings (SSSR count). The summed E-state index contributed by atoms with van der Waals surface area (Å²) in [4.78, 5) is 35.9. The normalized spacial score (nSPS) is 10.6. The molecule has 0 aliphatic rings. The largest absolute Gasteiger partial charge is 0.484 e. The number of hydrogen-bond acceptors (Lipinski definition) is 5. The number of amides is 3. The number of rotatable bonds is 9. The highest BCUT2D eigenvalue weighted by Gasteiger charge is 2.11. The Balaban J connectivity index is 1.38. The van der Waals surface area contributed by atoms with Crippen LogP contribution in [0.5, 0.6) is 5.75 Å². The number of hydrogen-bond donors (Lipinski definition) is 3. The zero-order valence-electron chi connectivity index (χ0n) is 19.7. The van der Waals surface area contributed by atoms with Gasteiger partial charge in [-0.1, -0.05) is 42.5 Å². The van der Waals surface area contributed by atoms with E-state index in [1.807, 2.05) is 62.4 Å². The van der Waals surface area contributed by atoms with Crippen LogP contribution in [0.1, 0.15) is 22.3 Å². The van der Waals surface area contributed by atoms with Crippen LogP contribution in [0.25, 0.3) is 0 Å². The zero-order valence-corrected chi connectivity index (χ0v) is 19.7. The summed E-state index contributed by atoms with van der Waals surface area (Å²) in [7, 11) is 0. The van der Waals surface area contributed by atoms with Gasteiger partial charge in [0.1, 0.15) is 5.75 Å². The maximum Gasteiger partial charge on any atom is 0.329 e. The number of aryl methyl sites for hydroxylation is 1. The first-order valence-electron chi connectivity index (χ1n) is 11.2. The van der Waals surface area contributed by atoms with E-state index >= 15 is 0 Å². The molecule has 0 radical (unpaired) electrons. The maximum atomic E-state index is 12.2. The van der Waals surface area contributed by atoms with Crippen molar-refractivity contribution in [1.82, 2.24) is 10.7 Å². The van der Waals surface area contributed by atoms with Crippen molar-refractivity contribution in [2.24, 2.45) is 5.10 Å². The summed E-state index contributed by atoms with van der Waals surface area (Å²) >= 11 is 0. The fourth-order valence-corrected chi connectivity index (χ4v) is 3.13. The van der Waals surface area contributed by atoms with Gasteiger partial charge in [0, 0.05) is 12.2 Å². The lowest BCUT2D eigenvalue weighted by molar-refractivity contribution is -0.139. The number of anilines is 1. The molecular formula is C27H28N4O4. The second kappa shape index (κ2) is 12.7. The van der Waals surface area contributed by atoms with E-state index in [9.17, 15) is 14.4 Å². The first-order valence-corrected chi connectivity index (χ1v) is 11.2. The number of ether oxygens (including phenoxy) is 1. The second-order valence-corrected chi connectivity index (χ2v) is 7.84. The predicted molar refractivity (Wildman–Crippen MR) is 135 cm³/mol. The molecule has 3 aromatic carbocycles. The van der Waals surface area contributed by atoms with E-state index in [-0.39, 0.29) is 12.5 Å². The van der Waals surface area contributed by atoms with Crippen LogP contribution in [0.4, 0.5) is 5.69 Å². The second-order valence-electron chi connectivity index (χ2n) is 7.84. The Morgan fingerprint density at radius 2 is 1.63 bits per heavy atom. The number of hydrazone groups is 1. The Kier molecular flexibility index (Phi) is 9.13. The maximum absolute atomic E-state index is 12.2. The van der Waals surface area contributed by atoms with Gasteiger partial charge in [-0.3, -0.25) is 14.4 Å². The highest BCUT2D eigenvalue weighted by Crippen LogP contribution is 2.18. The summed E-state index contributed by atoms with van der Waals surface area (Å²) in [6.07, 6.45) is 2.04. The molecule has 0 heterocycles. The molecule has 0 spiro atoms. The molecule has 0 bridgehead atoms. The summed E-state index contributed by atoms with van der Waals surface area (Å²) in [5.41, 5.74) is 6.83. The topological polar surface area (TPSA) is 109 Å². The van der Waals surface area contributed by atoms with Crippen molar-refractivity contribution in [2.75, 3.05) is 18.5 Å². The summed E-state index contributed by atoms with van der Waals surface area (Å²) in [6, 6.07) is 22.2. The van der Waals surface area contributed by atoms with E-state index in [1.54, 1.807) is 24.3 Å². The number of nitrogens with zero attached hydrogens (tertiary/aromatic N) is 1. The Morgan fingerprint density at radius 1 is 0.886 bits per heavy atom. The standard InChI is InChI=1S/C27H28N4O4/c1-19-7-6-10-24(20(19)2)30-25(32)18-35-23-13-11-22(12-14-23)17-29-31-27(34)26(33)28-16-15-21-8-4-3-5-9-21/h3-14,17H,15-16,18H2,1-2H3,(H,28,33)(H,30,32)(H,31,34)/b29-17+. The minimum absolute atomic E-state index is 0.129. The molecule has 8 nitrogen and oxygen atoms in total. The van der Waals surface area contributed by atoms with Crippen LogP contribution in [0.15, 0.2) is 77.9 Å². The van der Waals surface area contributed by atoms with Crippen LogP contribution >= 0.6 is 0 Å². The fraction of sp³-hybridized carbons (Fsp3) is 0.185. The van der Waals surface area contributed by atoms with Crippen molar-refractivity contribution in [3.8, 4) is 5.75 Å². The molecule has 0 aliphatic heterocycles. The van der Waals surface area contributed by atoms with E-state index in [2.05, 4.69) is 21.2 Å². The fourth-order valence-electron chi connectivity index (χ4n) is 3.13.